The Kier molecular flexibility index (Phi) is 6.89. The molecule has 5 nitrogen and oxygen atoms in total. The van der Waals surface area contributed by atoms with Crippen LogP contribution in [0, 0.1) is 0 Å². The molecule has 1 amide bonds. The molecule has 2 N–H and O–H groups in total. The Labute approximate surface area is 148 Å². The van der Waals surface area contributed by atoms with Crippen LogP contribution >= 0.6 is 0 Å². The number of para-hydroxylation sites is 2. The highest BCUT2D eigenvalue weighted by molar-refractivity contribution is 5.94. The van der Waals surface area contributed by atoms with Crippen molar-refractivity contribution in [1.82, 2.24) is 0 Å². The first kappa shape index (κ1) is 18.4. The maximum atomic E-state index is 12.1. The third-order valence-electron chi connectivity index (χ3n) is 3.20. The van der Waals surface area contributed by atoms with E-state index in [1.54, 1.807) is 30.3 Å². The molecule has 5 heteroatoms. The molecule has 132 valence electrons. The van der Waals surface area contributed by atoms with Gasteiger partial charge in [-0.1, -0.05) is 24.8 Å². The number of benzene rings is 2. The number of nitrogens with one attached hydrogen (secondary N) is 2. The maximum Gasteiger partial charge on any atom is 0.243 e. The van der Waals surface area contributed by atoms with Crippen molar-refractivity contribution in [1.29, 1.82) is 0 Å². The van der Waals surface area contributed by atoms with Gasteiger partial charge in [0.2, 0.25) is 5.91 Å². The monoisotopic (exact) mass is 340 g/mol. The Hall–Kier alpha value is -2.95. The fourth-order valence-corrected chi connectivity index (χ4v) is 2.14. The van der Waals surface area contributed by atoms with E-state index < -0.39 is 0 Å². The van der Waals surface area contributed by atoms with Crippen LogP contribution in [0.4, 0.5) is 11.4 Å². The van der Waals surface area contributed by atoms with Crippen LogP contribution in [0.25, 0.3) is 0 Å². The highest BCUT2D eigenvalue weighted by atomic mass is 16.5. The van der Waals surface area contributed by atoms with Crippen molar-refractivity contribution in [3.05, 3.63) is 61.2 Å². The average Bonchev–Trinajstić information content (AvgIpc) is 2.60. The minimum Gasteiger partial charge on any atom is -0.490 e. The molecule has 0 aliphatic carbocycles. The van der Waals surface area contributed by atoms with Gasteiger partial charge in [-0.3, -0.25) is 4.79 Å². The Morgan fingerprint density at radius 3 is 2.56 bits per heavy atom. The molecule has 0 saturated heterocycles. The van der Waals surface area contributed by atoms with Gasteiger partial charge >= 0.3 is 0 Å². The molecule has 0 fully saturated rings. The lowest BCUT2D eigenvalue weighted by molar-refractivity contribution is -0.114. The summed E-state index contributed by atoms with van der Waals surface area (Å²) in [7, 11) is 0. The molecule has 2 rings (SSSR count). The van der Waals surface area contributed by atoms with E-state index in [1.165, 1.54) is 0 Å². The summed E-state index contributed by atoms with van der Waals surface area (Å²) in [6.45, 7) is 8.13. The van der Waals surface area contributed by atoms with Crippen LogP contribution in [0.3, 0.4) is 0 Å². The molecule has 0 aromatic heterocycles. The number of hydrogen-bond acceptors (Lipinski definition) is 4. The van der Waals surface area contributed by atoms with E-state index in [0.717, 1.165) is 17.2 Å². The van der Waals surface area contributed by atoms with Gasteiger partial charge in [0.25, 0.3) is 0 Å². The molecular formula is C20H24N2O3. The maximum absolute atomic E-state index is 12.1. The Morgan fingerprint density at radius 1 is 1.16 bits per heavy atom. The first-order chi connectivity index (χ1) is 12.1. The van der Waals surface area contributed by atoms with Crippen molar-refractivity contribution in [2.45, 2.75) is 20.0 Å². The van der Waals surface area contributed by atoms with E-state index >= 15 is 0 Å². The van der Waals surface area contributed by atoms with Gasteiger partial charge in [0.05, 0.1) is 18.3 Å². The lowest BCUT2D eigenvalue weighted by Gasteiger charge is -2.15. The van der Waals surface area contributed by atoms with Crippen LogP contribution in [0.15, 0.2) is 61.2 Å². The summed E-state index contributed by atoms with van der Waals surface area (Å²) in [6.07, 6.45) is 1.75. The second-order valence-electron chi connectivity index (χ2n) is 5.69. The Morgan fingerprint density at radius 2 is 1.88 bits per heavy atom. The molecule has 0 heterocycles. The van der Waals surface area contributed by atoms with E-state index in [4.69, 9.17) is 9.47 Å². The smallest absolute Gasteiger partial charge is 0.243 e. The minimum absolute atomic E-state index is 0.0681. The quantitative estimate of drug-likeness (QED) is 0.675. The number of rotatable bonds is 9. The SMILES string of the molecule is C=CCOc1ccc(NC(=O)CNc2ccccc2OC(C)C)cc1. The number of amides is 1. The summed E-state index contributed by atoms with van der Waals surface area (Å²) >= 11 is 0. The molecule has 25 heavy (non-hydrogen) atoms. The van der Waals surface area contributed by atoms with Gasteiger partial charge in [0.1, 0.15) is 18.1 Å². The molecule has 0 aliphatic heterocycles. The number of anilines is 2. The Bertz CT molecular complexity index is 696. The highest BCUT2D eigenvalue weighted by Gasteiger charge is 2.07. The fourth-order valence-electron chi connectivity index (χ4n) is 2.14. The molecule has 0 bridgehead atoms. The molecule has 0 saturated carbocycles. The topological polar surface area (TPSA) is 59.6 Å². The third kappa shape index (κ3) is 6.22. The average molecular weight is 340 g/mol. The normalized spacial score (nSPS) is 10.2. The molecule has 2 aromatic carbocycles. The summed E-state index contributed by atoms with van der Waals surface area (Å²) in [5.41, 5.74) is 1.50. The lowest BCUT2D eigenvalue weighted by Crippen LogP contribution is -2.22. The number of ether oxygens (including phenoxy) is 2. The molecular weight excluding hydrogens is 316 g/mol. The van der Waals surface area contributed by atoms with Crippen LogP contribution in [-0.4, -0.2) is 25.2 Å². The zero-order valence-electron chi connectivity index (χ0n) is 14.6. The van der Waals surface area contributed by atoms with Crippen molar-refractivity contribution in [2.75, 3.05) is 23.8 Å². The van der Waals surface area contributed by atoms with Gasteiger partial charge in [-0.25, -0.2) is 0 Å². The zero-order chi connectivity index (χ0) is 18.1. The van der Waals surface area contributed by atoms with Crippen molar-refractivity contribution in [3.8, 4) is 11.5 Å². The summed E-state index contributed by atoms with van der Waals surface area (Å²) in [5.74, 6) is 1.32. The third-order valence-corrected chi connectivity index (χ3v) is 3.20. The van der Waals surface area contributed by atoms with Gasteiger partial charge in [0, 0.05) is 5.69 Å². The fraction of sp³-hybridized carbons (Fsp3) is 0.250. The van der Waals surface area contributed by atoms with Crippen molar-refractivity contribution in [3.63, 3.8) is 0 Å². The van der Waals surface area contributed by atoms with E-state index in [2.05, 4.69) is 17.2 Å². The first-order valence-corrected chi connectivity index (χ1v) is 8.21. The predicted molar refractivity (Wildman–Crippen MR) is 101 cm³/mol. The van der Waals surface area contributed by atoms with Crippen molar-refractivity contribution >= 4 is 17.3 Å². The second kappa shape index (κ2) is 9.37. The van der Waals surface area contributed by atoms with Gasteiger partial charge in [0.15, 0.2) is 0 Å². The highest BCUT2D eigenvalue weighted by Crippen LogP contribution is 2.24. The Balaban J connectivity index is 1.87. The number of hydrogen-bond donors (Lipinski definition) is 2. The van der Waals surface area contributed by atoms with Crippen LogP contribution < -0.4 is 20.1 Å². The van der Waals surface area contributed by atoms with E-state index in [1.807, 2.05) is 38.1 Å². The lowest BCUT2D eigenvalue weighted by atomic mass is 10.2. The van der Waals surface area contributed by atoms with Gasteiger partial charge < -0.3 is 20.1 Å². The standard InChI is InChI=1S/C20H24N2O3/c1-4-13-24-17-11-9-16(10-12-17)22-20(23)14-21-18-7-5-6-8-19(18)25-15(2)3/h4-12,15,21H,1,13-14H2,2-3H3,(H,22,23). The number of carbonyl (C=O) groups is 1. The largest absolute Gasteiger partial charge is 0.490 e. The van der Waals surface area contributed by atoms with Crippen LogP contribution in [0.5, 0.6) is 11.5 Å². The predicted octanol–water partition coefficient (Wildman–Crippen LogP) is 4.09. The van der Waals surface area contributed by atoms with Gasteiger partial charge in [-0.2, -0.15) is 0 Å². The summed E-state index contributed by atoms with van der Waals surface area (Å²) < 4.78 is 11.1. The van der Waals surface area contributed by atoms with Crippen molar-refractivity contribution < 1.29 is 14.3 Å². The van der Waals surface area contributed by atoms with Gasteiger partial charge in [-0.05, 0) is 50.2 Å². The van der Waals surface area contributed by atoms with Crippen molar-refractivity contribution in [2.24, 2.45) is 0 Å². The van der Waals surface area contributed by atoms with E-state index in [9.17, 15) is 4.79 Å². The van der Waals surface area contributed by atoms with Crippen LogP contribution in [0.2, 0.25) is 0 Å². The summed E-state index contributed by atoms with van der Waals surface area (Å²) in [6, 6.07) is 14.8. The molecule has 0 unspecified atom stereocenters. The molecule has 0 atom stereocenters. The van der Waals surface area contributed by atoms with Crippen LogP contribution in [-0.2, 0) is 4.79 Å². The molecule has 0 radical (unpaired) electrons. The molecule has 0 aliphatic rings. The van der Waals surface area contributed by atoms with Crippen LogP contribution in [0.1, 0.15) is 13.8 Å². The van der Waals surface area contributed by atoms with E-state index in [0.29, 0.717) is 12.3 Å². The van der Waals surface area contributed by atoms with Gasteiger partial charge in [-0.15, -0.1) is 0 Å². The number of carbonyl (C=O) groups excluding carboxylic acids is 1. The summed E-state index contributed by atoms with van der Waals surface area (Å²) in [4.78, 5) is 12.1. The minimum atomic E-state index is -0.140. The molecule has 2 aromatic rings. The summed E-state index contributed by atoms with van der Waals surface area (Å²) in [5, 5.41) is 5.94. The first-order valence-electron chi connectivity index (χ1n) is 8.21. The second-order valence-corrected chi connectivity index (χ2v) is 5.69. The zero-order valence-corrected chi connectivity index (χ0v) is 14.6. The van der Waals surface area contributed by atoms with E-state index in [-0.39, 0.29) is 18.6 Å². The molecule has 0 spiro atoms.